The fourth-order valence-corrected chi connectivity index (χ4v) is 4.54. The minimum Gasteiger partial charge on any atom is -0.468 e. The van der Waals surface area contributed by atoms with Gasteiger partial charge in [0.2, 0.25) is 0 Å². The van der Waals surface area contributed by atoms with E-state index in [2.05, 4.69) is 37.5 Å². The van der Waals surface area contributed by atoms with Crippen molar-refractivity contribution in [1.82, 2.24) is 30.1 Å². The first-order valence-corrected chi connectivity index (χ1v) is 12.0. The number of aromatic nitrogens is 5. The molecule has 0 fully saturated rings. The zero-order valence-corrected chi connectivity index (χ0v) is 21.0. The Balaban J connectivity index is 1.72. The number of hydrogen-bond acceptors (Lipinski definition) is 6. The molecule has 2 aromatic carbocycles. The molecule has 0 amide bonds. The molecular weight excluding hydrogens is 452 g/mol. The second kappa shape index (κ2) is 9.54. The molecule has 1 atom stereocenters. The molecule has 1 unspecified atom stereocenters. The largest absolute Gasteiger partial charge is 0.468 e. The highest BCUT2D eigenvalue weighted by molar-refractivity contribution is 5.79. The molecule has 1 N–H and O–H groups in total. The predicted octanol–water partition coefficient (Wildman–Crippen LogP) is 4.96. The first-order chi connectivity index (χ1) is 17.3. The van der Waals surface area contributed by atoms with Crippen LogP contribution in [-0.4, -0.2) is 30.1 Å². The highest BCUT2D eigenvalue weighted by atomic mass is 16.3. The zero-order chi connectivity index (χ0) is 25.3. The predicted molar refractivity (Wildman–Crippen MR) is 138 cm³/mol. The second-order valence-electron chi connectivity index (χ2n) is 10.1. The molecule has 8 heteroatoms. The maximum atomic E-state index is 13.6. The van der Waals surface area contributed by atoms with Gasteiger partial charge < -0.3 is 9.40 Å². The van der Waals surface area contributed by atoms with Crippen molar-refractivity contribution in [3.05, 3.63) is 112 Å². The van der Waals surface area contributed by atoms with Gasteiger partial charge in [0.05, 0.1) is 18.3 Å². The standard InChI is InChI=1S/C28H30N6O2/c1-19-12-13-21-16-23(27(35)29-24(21)15-19)25(26-30-31-32-34(26)28(2,3)4)33(18-22-11-8-14-36-22)17-20-9-6-5-7-10-20/h5-16,25H,17-18H2,1-4H3,(H,29,35). The number of aryl methyl sites for hydroxylation is 1. The summed E-state index contributed by atoms with van der Waals surface area (Å²) >= 11 is 0. The van der Waals surface area contributed by atoms with Gasteiger partial charge in [0.1, 0.15) is 11.8 Å². The van der Waals surface area contributed by atoms with E-state index < -0.39 is 6.04 Å². The lowest BCUT2D eigenvalue weighted by atomic mass is 10.0. The van der Waals surface area contributed by atoms with E-state index in [0.717, 1.165) is 27.8 Å². The molecule has 8 nitrogen and oxygen atoms in total. The van der Waals surface area contributed by atoms with Gasteiger partial charge in [0.15, 0.2) is 5.82 Å². The molecule has 0 bridgehead atoms. The van der Waals surface area contributed by atoms with Gasteiger partial charge in [0, 0.05) is 17.6 Å². The number of pyridine rings is 1. The summed E-state index contributed by atoms with van der Waals surface area (Å²) in [5, 5.41) is 13.8. The number of tetrazole rings is 1. The molecule has 0 aliphatic heterocycles. The summed E-state index contributed by atoms with van der Waals surface area (Å²) in [6.07, 6.45) is 1.66. The minimum atomic E-state index is -0.529. The van der Waals surface area contributed by atoms with Crippen LogP contribution in [0, 0.1) is 6.92 Å². The van der Waals surface area contributed by atoms with Crippen LogP contribution in [0.5, 0.6) is 0 Å². The topological polar surface area (TPSA) is 92.8 Å². The van der Waals surface area contributed by atoms with Crippen molar-refractivity contribution in [2.45, 2.75) is 52.4 Å². The minimum absolute atomic E-state index is 0.168. The Kier molecular flexibility index (Phi) is 6.28. The fraction of sp³-hybridized carbons (Fsp3) is 0.286. The van der Waals surface area contributed by atoms with Crippen LogP contribution in [0.1, 0.15) is 55.1 Å². The van der Waals surface area contributed by atoms with Crippen LogP contribution in [0.2, 0.25) is 0 Å². The average molecular weight is 483 g/mol. The average Bonchev–Trinajstić information content (AvgIpc) is 3.53. The third-order valence-electron chi connectivity index (χ3n) is 6.23. The van der Waals surface area contributed by atoms with Gasteiger partial charge in [-0.2, -0.15) is 0 Å². The van der Waals surface area contributed by atoms with Crippen molar-refractivity contribution >= 4 is 10.9 Å². The lowest BCUT2D eigenvalue weighted by Gasteiger charge is -2.32. The van der Waals surface area contributed by atoms with Crippen molar-refractivity contribution in [2.75, 3.05) is 0 Å². The molecule has 0 aliphatic carbocycles. The van der Waals surface area contributed by atoms with Crippen molar-refractivity contribution in [3.8, 4) is 0 Å². The van der Waals surface area contributed by atoms with E-state index in [-0.39, 0.29) is 11.1 Å². The Morgan fingerprint density at radius 3 is 2.56 bits per heavy atom. The molecule has 3 heterocycles. The van der Waals surface area contributed by atoms with Gasteiger partial charge in [-0.25, -0.2) is 4.68 Å². The van der Waals surface area contributed by atoms with Gasteiger partial charge in [-0.1, -0.05) is 42.5 Å². The van der Waals surface area contributed by atoms with Crippen LogP contribution >= 0.6 is 0 Å². The van der Waals surface area contributed by atoms with E-state index in [4.69, 9.17) is 4.42 Å². The van der Waals surface area contributed by atoms with Crippen LogP contribution in [0.25, 0.3) is 10.9 Å². The van der Waals surface area contributed by atoms with E-state index in [1.807, 2.05) is 82.3 Å². The van der Waals surface area contributed by atoms with Crippen molar-refractivity contribution in [2.24, 2.45) is 0 Å². The summed E-state index contributed by atoms with van der Waals surface area (Å²) in [6, 6.07) is 21.5. The van der Waals surface area contributed by atoms with Crippen LogP contribution in [0.4, 0.5) is 0 Å². The number of H-pyrrole nitrogens is 1. The summed E-state index contributed by atoms with van der Waals surface area (Å²) in [5.41, 5.74) is 3.02. The number of rotatable bonds is 7. The molecule has 0 radical (unpaired) electrons. The SMILES string of the molecule is Cc1ccc2cc(C(c3nnnn3C(C)(C)C)N(Cc3ccccc3)Cc3ccco3)c(=O)[nH]c2c1. The number of fused-ring (bicyclic) bond motifs is 1. The zero-order valence-electron chi connectivity index (χ0n) is 21.0. The van der Waals surface area contributed by atoms with Crippen LogP contribution < -0.4 is 5.56 Å². The number of nitrogens with zero attached hydrogens (tertiary/aromatic N) is 5. The number of benzene rings is 2. The molecule has 0 spiro atoms. The molecule has 36 heavy (non-hydrogen) atoms. The van der Waals surface area contributed by atoms with Crippen LogP contribution in [0.3, 0.4) is 0 Å². The summed E-state index contributed by atoms with van der Waals surface area (Å²) < 4.78 is 7.53. The Morgan fingerprint density at radius 2 is 1.83 bits per heavy atom. The number of furan rings is 1. The van der Waals surface area contributed by atoms with Crippen molar-refractivity contribution in [1.29, 1.82) is 0 Å². The van der Waals surface area contributed by atoms with Gasteiger partial charge in [-0.3, -0.25) is 9.69 Å². The highest BCUT2D eigenvalue weighted by Crippen LogP contribution is 2.32. The third-order valence-corrected chi connectivity index (χ3v) is 6.23. The number of aromatic amines is 1. The second-order valence-corrected chi connectivity index (χ2v) is 10.1. The molecular formula is C28H30N6O2. The fourth-order valence-electron chi connectivity index (χ4n) is 4.54. The smallest absolute Gasteiger partial charge is 0.253 e. The van der Waals surface area contributed by atoms with E-state index in [1.54, 1.807) is 10.9 Å². The van der Waals surface area contributed by atoms with Gasteiger partial charge in [-0.05, 0) is 78.9 Å². The summed E-state index contributed by atoms with van der Waals surface area (Å²) in [4.78, 5) is 18.9. The molecule has 0 saturated carbocycles. The van der Waals surface area contributed by atoms with E-state index in [1.165, 1.54) is 0 Å². The first kappa shape index (κ1) is 23.7. The lowest BCUT2D eigenvalue weighted by molar-refractivity contribution is 0.171. The lowest BCUT2D eigenvalue weighted by Crippen LogP contribution is -2.37. The molecule has 184 valence electrons. The van der Waals surface area contributed by atoms with Gasteiger partial charge in [0.25, 0.3) is 5.56 Å². The van der Waals surface area contributed by atoms with E-state index in [9.17, 15) is 4.79 Å². The van der Waals surface area contributed by atoms with Gasteiger partial charge in [-0.15, -0.1) is 5.10 Å². The van der Waals surface area contributed by atoms with Crippen LogP contribution in [0.15, 0.2) is 82.2 Å². The third kappa shape index (κ3) is 4.85. The molecule has 0 aliphatic rings. The van der Waals surface area contributed by atoms with E-state index in [0.29, 0.717) is 24.5 Å². The summed E-state index contributed by atoms with van der Waals surface area (Å²) in [6.45, 7) is 9.18. The number of hydrogen-bond donors (Lipinski definition) is 1. The first-order valence-electron chi connectivity index (χ1n) is 12.0. The quantitative estimate of drug-likeness (QED) is 0.352. The maximum Gasteiger partial charge on any atom is 0.253 e. The maximum absolute atomic E-state index is 13.6. The Morgan fingerprint density at radius 1 is 1.03 bits per heavy atom. The summed E-state index contributed by atoms with van der Waals surface area (Å²) in [5.74, 6) is 1.39. The molecule has 5 aromatic rings. The molecule has 5 rings (SSSR count). The Hall–Kier alpha value is -4.04. The van der Waals surface area contributed by atoms with Crippen molar-refractivity contribution < 1.29 is 4.42 Å². The number of nitrogens with one attached hydrogen (secondary N) is 1. The monoisotopic (exact) mass is 482 g/mol. The molecule has 0 saturated heterocycles. The van der Waals surface area contributed by atoms with Crippen molar-refractivity contribution in [3.63, 3.8) is 0 Å². The summed E-state index contributed by atoms with van der Waals surface area (Å²) in [7, 11) is 0. The Labute approximate surface area is 209 Å². The Bertz CT molecular complexity index is 1510. The van der Waals surface area contributed by atoms with Crippen LogP contribution in [-0.2, 0) is 18.6 Å². The highest BCUT2D eigenvalue weighted by Gasteiger charge is 2.34. The van der Waals surface area contributed by atoms with Gasteiger partial charge >= 0.3 is 0 Å². The molecule has 3 aromatic heterocycles. The van der Waals surface area contributed by atoms with E-state index >= 15 is 0 Å². The normalized spacial score (nSPS) is 12.9.